The van der Waals surface area contributed by atoms with Crippen molar-refractivity contribution in [3.63, 3.8) is 0 Å². The largest absolute Gasteiger partial charge is 0.480 e. The van der Waals surface area contributed by atoms with Gasteiger partial charge in [0.15, 0.2) is 0 Å². The second kappa shape index (κ2) is 6.89. The topological polar surface area (TPSA) is 81.2 Å². The van der Waals surface area contributed by atoms with E-state index in [0.29, 0.717) is 45.7 Å². The number of hydrogen-bond donors (Lipinski definition) is 1. The molecular weight excluding hydrogens is 274 g/mol. The summed E-state index contributed by atoms with van der Waals surface area (Å²) in [5, 5.41) is 8.83. The fraction of sp³-hybridized carbons (Fsp3) is 0.786. The number of likely N-dealkylation sites (tertiary alicyclic amines) is 1. The van der Waals surface area contributed by atoms with Crippen molar-refractivity contribution in [3.05, 3.63) is 0 Å². The van der Waals surface area contributed by atoms with Gasteiger partial charge in [-0.25, -0.2) is 0 Å². The molecule has 2 rings (SSSR count). The molecule has 1 unspecified atom stereocenters. The smallest absolute Gasteiger partial charge is 0.317 e. The molecule has 2 saturated heterocycles. The lowest BCUT2D eigenvalue weighted by molar-refractivity contribution is -0.138. The van der Waals surface area contributed by atoms with Gasteiger partial charge in [0, 0.05) is 45.7 Å². The Bertz CT molecular complexity index is 426. The van der Waals surface area contributed by atoms with Gasteiger partial charge >= 0.3 is 5.97 Å². The molecule has 21 heavy (non-hydrogen) atoms. The molecule has 0 aromatic rings. The van der Waals surface area contributed by atoms with Gasteiger partial charge in [0.2, 0.25) is 11.8 Å². The van der Waals surface area contributed by atoms with E-state index < -0.39 is 5.97 Å². The number of carbonyl (C=O) groups excluding carboxylic acids is 2. The van der Waals surface area contributed by atoms with Gasteiger partial charge in [0.1, 0.15) is 0 Å². The third-order valence-corrected chi connectivity index (χ3v) is 4.20. The highest BCUT2D eigenvalue weighted by Gasteiger charge is 2.36. The molecule has 7 nitrogen and oxygen atoms in total. The molecular formula is C14H23N3O4. The van der Waals surface area contributed by atoms with E-state index in [9.17, 15) is 14.4 Å². The predicted molar refractivity (Wildman–Crippen MR) is 75.6 cm³/mol. The molecule has 118 valence electrons. The number of carbonyl (C=O) groups is 3. The fourth-order valence-electron chi connectivity index (χ4n) is 3.04. The molecule has 2 heterocycles. The van der Waals surface area contributed by atoms with Crippen molar-refractivity contribution in [3.8, 4) is 0 Å². The lowest BCUT2D eigenvalue weighted by atomic mass is 10.1. The van der Waals surface area contributed by atoms with E-state index in [1.165, 1.54) is 0 Å². The Morgan fingerprint density at radius 2 is 2.00 bits per heavy atom. The van der Waals surface area contributed by atoms with Crippen molar-refractivity contribution >= 4 is 17.8 Å². The molecule has 0 radical (unpaired) electrons. The van der Waals surface area contributed by atoms with Crippen LogP contribution in [0.5, 0.6) is 0 Å². The zero-order valence-electron chi connectivity index (χ0n) is 12.5. The standard InChI is InChI=1S/C14H23N3O4/c1-2-16-9-11(8-12(16)18)14(21)17-5-3-4-15(6-7-17)10-13(19)20/h11H,2-10H2,1H3,(H,19,20). The first-order chi connectivity index (χ1) is 10.0. The molecule has 2 aliphatic rings. The zero-order valence-corrected chi connectivity index (χ0v) is 12.5. The van der Waals surface area contributed by atoms with Crippen LogP contribution >= 0.6 is 0 Å². The van der Waals surface area contributed by atoms with E-state index in [-0.39, 0.29) is 24.3 Å². The van der Waals surface area contributed by atoms with Crippen molar-refractivity contribution in [1.29, 1.82) is 0 Å². The van der Waals surface area contributed by atoms with Crippen LogP contribution < -0.4 is 0 Å². The first kappa shape index (κ1) is 15.8. The summed E-state index contributed by atoms with van der Waals surface area (Å²) in [5.41, 5.74) is 0. The Morgan fingerprint density at radius 1 is 1.24 bits per heavy atom. The molecule has 0 saturated carbocycles. The van der Waals surface area contributed by atoms with Crippen molar-refractivity contribution in [2.45, 2.75) is 19.8 Å². The van der Waals surface area contributed by atoms with E-state index in [1.807, 2.05) is 11.8 Å². The van der Waals surface area contributed by atoms with E-state index >= 15 is 0 Å². The summed E-state index contributed by atoms with van der Waals surface area (Å²) in [6.07, 6.45) is 1.08. The molecule has 2 fully saturated rings. The van der Waals surface area contributed by atoms with Gasteiger partial charge in [-0.15, -0.1) is 0 Å². The SMILES string of the molecule is CCN1CC(C(=O)N2CCCN(CC(=O)O)CC2)CC1=O. The summed E-state index contributed by atoms with van der Waals surface area (Å²) < 4.78 is 0. The fourth-order valence-corrected chi connectivity index (χ4v) is 3.04. The van der Waals surface area contributed by atoms with E-state index in [2.05, 4.69) is 0 Å². The maximum atomic E-state index is 12.5. The maximum absolute atomic E-state index is 12.5. The number of aliphatic carboxylic acids is 1. The van der Waals surface area contributed by atoms with Gasteiger partial charge < -0.3 is 14.9 Å². The summed E-state index contributed by atoms with van der Waals surface area (Å²) in [7, 11) is 0. The molecule has 0 aliphatic carbocycles. The van der Waals surface area contributed by atoms with Crippen LogP contribution in [0.3, 0.4) is 0 Å². The number of carboxylic acid groups (broad SMARTS) is 1. The van der Waals surface area contributed by atoms with Crippen LogP contribution in [0.4, 0.5) is 0 Å². The van der Waals surface area contributed by atoms with Crippen LogP contribution in [0.25, 0.3) is 0 Å². The Kier molecular flexibility index (Phi) is 5.17. The summed E-state index contributed by atoms with van der Waals surface area (Å²) >= 11 is 0. The Balaban J connectivity index is 1.89. The van der Waals surface area contributed by atoms with Crippen molar-refractivity contribution in [2.75, 3.05) is 45.8 Å². The first-order valence-electron chi connectivity index (χ1n) is 7.52. The Labute approximate surface area is 124 Å². The lowest BCUT2D eigenvalue weighted by Gasteiger charge is -2.24. The number of nitrogens with zero attached hydrogens (tertiary/aromatic N) is 3. The first-order valence-corrected chi connectivity index (χ1v) is 7.52. The number of hydrogen-bond acceptors (Lipinski definition) is 4. The molecule has 1 atom stereocenters. The highest BCUT2D eigenvalue weighted by molar-refractivity contribution is 5.89. The zero-order chi connectivity index (χ0) is 15.4. The van der Waals surface area contributed by atoms with Crippen LogP contribution in [0.1, 0.15) is 19.8 Å². The van der Waals surface area contributed by atoms with Gasteiger partial charge in [-0.3, -0.25) is 19.3 Å². The second-order valence-corrected chi connectivity index (χ2v) is 5.68. The van der Waals surface area contributed by atoms with Crippen LogP contribution in [0.15, 0.2) is 0 Å². The quantitative estimate of drug-likeness (QED) is 0.755. The van der Waals surface area contributed by atoms with Gasteiger partial charge in [0.25, 0.3) is 0 Å². The van der Waals surface area contributed by atoms with Crippen LogP contribution in [-0.4, -0.2) is 83.4 Å². The highest BCUT2D eigenvalue weighted by Crippen LogP contribution is 2.20. The molecule has 0 aromatic carbocycles. The molecule has 7 heteroatoms. The molecule has 0 spiro atoms. The molecule has 1 N–H and O–H groups in total. The van der Waals surface area contributed by atoms with Crippen LogP contribution in [-0.2, 0) is 14.4 Å². The number of amides is 2. The normalized spacial score (nSPS) is 24.2. The van der Waals surface area contributed by atoms with Crippen molar-refractivity contribution < 1.29 is 19.5 Å². The minimum atomic E-state index is -0.838. The number of carboxylic acids is 1. The maximum Gasteiger partial charge on any atom is 0.317 e. The third-order valence-electron chi connectivity index (χ3n) is 4.20. The second-order valence-electron chi connectivity index (χ2n) is 5.68. The highest BCUT2D eigenvalue weighted by atomic mass is 16.4. The predicted octanol–water partition coefficient (Wildman–Crippen LogP) is -0.526. The molecule has 0 bridgehead atoms. The average Bonchev–Trinajstić information content (AvgIpc) is 2.66. The Hall–Kier alpha value is -1.63. The van der Waals surface area contributed by atoms with Gasteiger partial charge in [-0.05, 0) is 13.3 Å². The summed E-state index contributed by atoms with van der Waals surface area (Å²) in [4.78, 5) is 40.3. The van der Waals surface area contributed by atoms with Gasteiger partial charge in [-0.2, -0.15) is 0 Å². The summed E-state index contributed by atoms with van der Waals surface area (Å²) in [5.74, 6) is -0.979. The van der Waals surface area contributed by atoms with E-state index in [1.54, 1.807) is 9.80 Å². The van der Waals surface area contributed by atoms with E-state index in [0.717, 1.165) is 6.42 Å². The van der Waals surface area contributed by atoms with Gasteiger partial charge in [-0.1, -0.05) is 0 Å². The minimum absolute atomic E-state index is 0.0214. The summed E-state index contributed by atoms with van der Waals surface area (Å²) in [6.45, 7) is 5.57. The molecule has 2 amide bonds. The third kappa shape index (κ3) is 3.93. The number of rotatable bonds is 4. The lowest BCUT2D eigenvalue weighted by Crippen LogP contribution is -2.40. The minimum Gasteiger partial charge on any atom is -0.480 e. The average molecular weight is 297 g/mol. The monoisotopic (exact) mass is 297 g/mol. The summed E-state index contributed by atoms with van der Waals surface area (Å²) in [6, 6.07) is 0. The Morgan fingerprint density at radius 3 is 2.62 bits per heavy atom. The van der Waals surface area contributed by atoms with Crippen molar-refractivity contribution in [2.24, 2.45) is 5.92 Å². The molecule has 2 aliphatic heterocycles. The van der Waals surface area contributed by atoms with Crippen LogP contribution in [0, 0.1) is 5.92 Å². The van der Waals surface area contributed by atoms with E-state index in [4.69, 9.17) is 5.11 Å². The van der Waals surface area contributed by atoms with Crippen molar-refractivity contribution in [1.82, 2.24) is 14.7 Å². The molecule has 0 aromatic heterocycles. The van der Waals surface area contributed by atoms with Crippen LogP contribution in [0.2, 0.25) is 0 Å². The van der Waals surface area contributed by atoms with Gasteiger partial charge in [0.05, 0.1) is 12.5 Å².